The third kappa shape index (κ3) is 5.09. The van der Waals surface area contributed by atoms with Gasteiger partial charge in [0.15, 0.2) is 0 Å². The van der Waals surface area contributed by atoms with Crippen molar-refractivity contribution in [2.45, 2.75) is 58.0 Å². The van der Waals surface area contributed by atoms with Crippen LogP contribution in [-0.2, 0) is 4.74 Å². The zero-order valence-electron chi connectivity index (χ0n) is 8.80. The summed E-state index contributed by atoms with van der Waals surface area (Å²) in [4.78, 5) is 0. The van der Waals surface area contributed by atoms with Crippen LogP contribution in [0, 0.1) is 0 Å². The summed E-state index contributed by atoms with van der Waals surface area (Å²) in [6, 6.07) is 0. The fraction of sp³-hybridized carbons (Fsp3) is 0.833. The second-order valence-electron chi connectivity index (χ2n) is 3.84. The molecule has 0 bridgehead atoms. The Morgan fingerprint density at radius 3 is 2.92 bits per heavy atom. The Bertz CT molecular complexity index is 134. The van der Waals surface area contributed by atoms with Crippen LogP contribution < -0.4 is 0 Å². The first-order valence-electron chi connectivity index (χ1n) is 5.66. The predicted molar refractivity (Wildman–Crippen MR) is 56.9 cm³/mol. The maximum Gasteiger partial charge on any atom is 0.0576 e. The first-order chi connectivity index (χ1) is 6.43. The molecule has 1 heteroatoms. The quantitative estimate of drug-likeness (QED) is 0.449. The van der Waals surface area contributed by atoms with E-state index in [9.17, 15) is 0 Å². The number of unbranched alkanes of at least 4 members (excludes halogenated alkanes) is 3. The topological polar surface area (TPSA) is 9.23 Å². The molecule has 1 aliphatic rings. The van der Waals surface area contributed by atoms with Gasteiger partial charge in [-0.1, -0.05) is 25.0 Å². The zero-order chi connectivity index (χ0) is 9.36. The van der Waals surface area contributed by atoms with E-state index in [0.717, 1.165) is 6.61 Å². The van der Waals surface area contributed by atoms with Gasteiger partial charge in [-0.3, -0.25) is 0 Å². The molecule has 1 unspecified atom stereocenters. The van der Waals surface area contributed by atoms with Crippen LogP contribution in [0.4, 0.5) is 0 Å². The van der Waals surface area contributed by atoms with E-state index in [-0.39, 0.29) is 0 Å². The van der Waals surface area contributed by atoms with E-state index >= 15 is 0 Å². The van der Waals surface area contributed by atoms with E-state index in [1.165, 1.54) is 44.9 Å². The van der Waals surface area contributed by atoms with Gasteiger partial charge in [-0.05, 0) is 39.0 Å². The van der Waals surface area contributed by atoms with Gasteiger partial charge in [-0.25, -0.2) is 0 Å². The number of ether oxygens (including phenoxy) is 1. The lowest BCUT2D eigenvalue weighted by Gasteiger charge is -2.07. The summed E-state index contributed by atoms with van der Waals surface area (Å²) >= 11 is 0. The van der Waals surface area contributed by atoms with Gasteiger partial charge < -0.3 is 4.74 Å². The summed E-state index contributed by atoms with van der Waals surface area (Å²) in [5, 5.41) is 0. The van der Waals surface area contributed by atoms with Crippen LogP contribution in [0.25, 0.3) is 0 Å². The summed E-state index contributed by atoms with van der Waals surface area (Å²) in [5.74, 6) is 0. The highest BCUT2D eigenvalue weighted by Gasteiger charge is 2.13. The van der Waals surface area contributed by atoms with Crippen LogP contribution in [-0.4, -0.2) is 12.7 Å². The first kappa shape index (κ1) is 10.8. The maximum atomic E-state index is 5.57. The number of rotatable bonds is 6. The van der Waals surface area contributed by atoms with Crippen LogP contribution in [0.2, 0.25) is 0 Å². The minimum Gasteiger partial charge on any atom is -0.378 e. The normalized spacial score (nSPS) is 23.0. The maximum absolute atomic E-state index is 5.57. The van der Waals surface area contributed by atoms with Gasteiger partial charge in [0.2, 0.25) is 0 Å². The van der Waals surface area contributed by atoms with Crippen molar-refractivity contribution < 1.29 is 4.74 Å². The summed E-state index contributed by atoms with van der Waals surface area (Å²) in [5.41, 5.74) is 0. The second kappa shape index (κ2) is 7.14. The Balaban J connectivity index is 1.83. The molecule has 0 aromatic carbocycles. The molecule has 0 saturated carbocycles. The molecule has 0 aliphatic carbocycles. The molecule has 1 rings (SSSR count). The van der Waals surface area contributed by atoms with Crippen molar-refractivity contribution in [2.24, 2.45) is 0 Å². The largest absolute Gasteiger partial charge is 0.378 e. The van der Waals surface area contributed by atoms with Crippen LogP contribution in [0.3, 0.4) is 0 Å². The number of hydrogen-bond acceptors (Lipinski definition) is 1. The molecule has 13 heavy (non-hydrogen) atoms. The van der Waals surface area contributed by atoms with Crippen molar-refractivity contribution >= 4 is 0 Å². The van der Waals surface area contributed by atoms with Crippen molar-refractivity contribution in [3.05, 3.63) is 12.2 Å². The molecule has 1 saturated heterocycles. The highest BCUT2D eigenvalue weighted by atomic mass is 16.5. The minimum atomic E-state index is 0.599. The van der Waals surface area contributed by atoms with Crippen LogP contribution >= 0.6 is 0 Å². The van der Waals surface area contributed by atoms with Crippen molar-refractivity contribution in [1.29, 1.82) is 0 Å². The Hall–Kier alpha value is -0.300. The molecule has 0 radical (unpaired) electrons. The van der Waals surface area contributed by atoms with Crippen molar-refractivity contribution in [3.63, 3.8) is 0 Å². The van der Waals surface area contributed by atoms with E-state index in [1.807, 2.05) is 0 Å². The smallest absolute Gasteiger partial charge is 0.0576 e. The number of hydrogen-bond donors (Lipinski definition) is 0. The molecule has 76 valence electrons. The third-order valence-corrected chi connectivity index (χ3v) is 2.66. The van der Waals surface area contributed by atoms with Gasteiger partial charge in [-0.15, -0.1) is 0 Å². The van der Waals surface area contributed by atoms with E-state index in [2.05, 4.69) is 19.1 Å². The fourth-order valence-electron chi connectivity index (χ4n) is 1.85. The van der Waals surface area contributed by atoms with Crippen LogP contribution in [0.5, 0.6) is 0 Å². The molecular weight excluding hydrogens is 160 g/mol. The molecule has 0 aromatic heterocycles. The predicted octanol–water partition coefficient (Wildman–Crippen LogP) is 3.69. The molecule has 1 nitrogen and oxygen atoms in total. The molecule has 1 aliphatic heterocycles. The first-order valence-corrected chi connectivity index (χ1v) is 5.66. The molecule has 1 atom stereocenters. The minimum absolute atomic E-state index is 0.599. The van der Waals surface area contributed by atoms with Crippen LogP contribution in [0.1, 0.15) is 51.9 Å². The number of allylic oxidation sites excluding steroid dienone is 2. The van der Waals surface area contributed by atoms with E-state index in [4.69, 9.17) is 4.74 Å². The van der Waals surface area contributed by atoms with Gasteiger partial charge in [0, 0.05) is 6.61 Å². The second-order valence-corrected chi connectivity index (χ2v) is 3.84. The Morgan fingerprint density at radius 1 is 1.31 bits per heavy atom. The van der Waals surface area contributed by atoms with E-state index in [0.29, 0.717) is 6.10 Å². The van der Waals surface area contributed by atoms with Crippen molar-refractivity contribution in [1.82, 2.24) is 0 Å². The summed E-state index contributed by atoms with van der Waals surface area (Å²) in [7, 11) is 0. The average molecular weight is 182 g/mol. The highest BCUT2D eigenvalue weighted by Crippen LogP contribution is 2.18. The Morgan fingerprint density at radius 2 is 2.23 bits per heavy atom. The van der Waals surface area contributed by atoms with Crippen LogP contribution in [0.15, 0.2) is 12.2 Å². The van der Waals surface area contributed by atoms with Gasteiger partial charge in [0.1, 0.15) is 0 Å². The lowest BCUT2D eigenvalue weighted by atomic mass is 10.1. The molecule has 0 amide bonds. The monoisotopic (exact) mass is 182 g/mol. The molecular formula is C12H22O. The fourth-order valence-corrected chi connectivity index (χ4v) is 1.85. The van der Waals surface area contributed by atoms with Gasteiger partial charge in [0.05, 0.1) is 6.10 Å². The Labute approximate surface area is 82.2 Å². The molecule has 0 aromatic rings. The SMILES string of the molecule is C/C=C/CCCCCC1CCCO1. The highest BCUT2D eigenvalue weighted by molar-refractivity contribution is 4.76. The third-order valence-electron chi connectivity index (χ3n) is 2.66. The van der Waals surface area contributed by atoms with Gasteiger partial charge >= 0.3 is 0 Å². The average Bonchev–Trinajstić information content (AvgIpc) is 2.63. The summed E-state index contributed by atoms with van der Waals surface area (Å²) in [6.07, 6.45) is 14.2. The molecule has 1 heterocycles. The van der Waals surface area contributed by atoms with E-state index in [1.54, 1.807) is 0 Å². The molecule has 0 N–H and O–H groups in total. The lowest BCUT2D eigenvalue weighted by molar-refractivity contribution is 0.102. The summed E-state index contributed by atoms with van der Waals surface area (Å²) < 4.78 is 5.57. The molecule has 1 fully saturated rings. The molecule has 0 spiro atoms. The Kier molecular flexibility index (Phi) is 5.92. The van der Waals surface area contributed by atoms with Gasteiger partial charge in [-0.2, -0.15) is 0 Å². The van der Waals surface area contributed by atoms with Crippen molar-refractivity contribution in [2.75, 3.05) is 6.61 Å². The van der Waals surface area contributed by atoms with E-state index < -0.39 is 0 Å². The lowest BCUT2D eigenvalue weighted by Crippen LogP contribution is -2.03. The standard InChI is InChI=1S/C12H22O/c1-2-3-4-5-6-7-9-12-10-8-11-13-12/h2-3,12H,4-11H2,1H3/b3-2+. The summed E-state index contributed by atoms with van der Waals surface area (Å²) in [6.45, 7) is 3.09. The zero-order valence-corrected chi connectivity index (χ0v) is 8.80. The van der Waals surface area contributed by atoms with Gasteiger partial charge in [0.25, 0.3) is 0 Å². The van der Waals surface area contributed by atoms with Crippen molar-refractivity contribution in [3.8, 4) is 0 Å².